The van der Waals surface area contributed by atoms with Crippen molar-refractivity contribution >= 4 is 23.7 Å². The number of carbonyl (C=O) groups excluding carboxylic acids is 3. The van der Waals surface area contributed by atoms with Crippen LogP contribution in [-0.4, -0.2) is 69.3 Å². The zero-order chi connectivity index (χ0) is 25.3. The van der Waals surface area contributed by atoms with Crippen molar-refractivity contribution in [3.05, 3.63) is 29.8 Å². The maximum atomic E-state index is 12.8. The highest BCUT2D eigenvalue weighted by Crippen LogP contribution is 2.12. The first kappa shape index (κ1) is 27.9. The molecular weight excluding hydrogens is 432 g/mol. The normalized spacial score (nSPS) is 15.6. The van der Waals surface area contributed by atoms with Crippen molar-refractivity contribution in [1.29, 1.82) is 0 Å². The lowest BCUT2D eigenvalue weighted by atomic mass is 10.0. The Morgan fingerprint density at radius 1 is 0.909 bits per heavy atom. The molecule has 3 amide bonds. The average Bonchev–Trinajstić information content (AvgIpc) is 2.71. The fourth-order valence-electron chi connectivity index (χ4n) is 3.02. The number of aromatic hydroxyl groups is 1. The molecule has 0 radical (unpaired) electrons. The standard InChI is InChI=1S/C22H34N4O7/c1-11(2)9-16(23)20(30)24-12(3)19(29)25-17(10-14-5-7-15(28)8-6-14)21(31)26-18(13(4)27)22(32)33/h5-8,11-13,16-18,27-28H,9-10,23H2,1-4H3,(H,24,30)(H,25,29)(H,26,31)(H,32,33). The van der Waals surface area contributed by atoms with Gasteiger partial charge in [-0.25, -0.2) is 4.79 Å². The highest BCUT2D eigenvalue weighted by molar-refractivity contribution is 5.94. The van der Waals surface area contributed by atoms with Crippen LogP contribution in [-0.2, 0) is 25.6 Å². The number of phenols is 1. The number of amides is 3. The van der Waals surface area contributed by atoms with Crippen molar-refractivity contribution in [3.8, 4) is 5.75 Å². The first-order valence-corrected chi connectivity index (χ1v) is 10.7. The van der Waals surface area contributed by atoms with E-state index in [0.717, 1.165) is 0 Å². The number of carboxylic acid groups (broad SMARTS) is 1. The van der Waals surface area contributed by atoms with Crippen LogP contribution < -0.4 is 21.7 Å². The summed E-state index contributed by atoms with van der Waals surface area (Å²) in [4.78, 5) is 49.0. The van der Waals surface area contributed by atoms with Gasteiger partial charge in [0.2, 0.25) is 17.7 Å². The van der Waals surface area contributed by atoms with Crippen LogP contribution in [0.2, 0.25) is 0 Å². The highest BCUT2D eigenvalue weighted by atomic mass is 16.4. The van der Waals surface area contributed by atoms with E-state index in [1.165, 1.54) is 26.0 Å². The number of hydrogen-bond acceptors (Lipinski definition) is 7. The summed E-state index contributed by atoms with van der Waals surface area (Å²) in [7, 11) is 0. The van der Waals surface area contributed by atoms with Crippen molar-refractivity contribution in [2.24, 2.45) is 11.7 Å². The van der Waals surface area contributed by atoms with Gasteiger partial charge in [-0.05, 0) is 43.9 Å². The van der Waals surface area contributed by atoms with Crippen LogP contribution in [0.4, 0.5) is 0 Å². The second kappa shape index (κ2) is 12.8. The molecule has 0 saturated heterocycles. The molecule has 0 aliphatic carbocycles. The topological polar surface area (TPSA) is 191 Å². The van der Waals surface area contributed by atoms with Gasteiger partial charge >= 0.3 is 5.97 Å². The van der Waals surface area contributed by atoms with Gasteiger partial charge in [0.25, 0.3) is 0 Å². The summed E-state index contributed by atoms with van der Waals surface area (Å²) in [5, 5.41) is 35.5. The summed E-state index contributed by atoms with van der Waals surface area (Å²) in [6.45, 7) is 6.46. The molecule has 8 N–H and O–H groups in total. The van der Waals surface area contributed by atoms with Crippen LogP contribution in [0.25, 0.3) is 0 Å². The molecule has 0 heterocycles. The van der Waals surface area contributed by atoms with Gasteiger partial charge in [0.15, 0.2) is 6.04 Å². The number of aliphatic hydroxyl groups excluding tert-OH is 1. The number of aliphatic carboxylic acids is 1. The lowest BCUT2D eigenvalue weighted by Gasteiger charge is -2.25. The molecule has 1 aromatic carbocycles. The van der Waals surface area contributed by atoms with Crippen LogP contribution in [0.1, 0.15) is 39.7 Å². The van der Waals surface area contributed by atoms with Crippen LogP contribution >= 0.6 is 0 Å². The zero-order valence-corrected chi connectivity index (χ0v) is 19.2. The van der Waals surface area contributed by atoms with Crippen molar-refractivity contribution in [2.45, 2.75) is 70.8 Å². The number of benzene rings is 1. The maximum absolute atomic E-state index is 12.8. The first-order chi connectivity index (χ1) is 15.3. The quantitative estimate of drug-likeness (QED) is 0.209. The molecule has 0 spiro atoms. The van der Waals surface area contributed by atoms with Crippen LogP contribution in [0.3, 0.4) is 0 Å². The second-order valence-electron chi connectivity index (χ2n) is 8.46. The molecule has 5 atom stereocenters. The minimum absolute atomic E-state index is 0.0119. The molecular formula is C22H34N4O7. The molecule has 184 valence electrons. The summed E-state index contributed by atoms with van der Waals surface area (Å²) >= 11 is 0. The molecule has 0 aromatic heterocycles. The number of carboxylic acids is 1. The van der Waals surface area contributed by atoms with Gasteiger partial charge < -0.3 is 37.0 Å². The molecule has 1 aromatic rings. The Labute approximate surface area is 192 Å². The Kier molecular flexibility index (Phi) is 10.8. The van der Waals surface area contributed by atoms with Crippen molar-refractivity contribution in [2.75, 3.05) is 0 Å². The third-order valence-corrected chi connectivity index (χ3v) is 4.87. The van der Waals surface area contributed by atoms with E-state index >= 15 is 0 Å². The molecule has 0 aliphatic rings. The van der Waals surface area contributed by atoms with E-state index in [4.69, 9.17) is 5.73 Å². The fraction of sp³-hybridized carbons (Fsp3) is 0.545. The molecule has 33 heavy (non-hydrogen) atoms. The van der Waals surface area contributed by atoms with E-state index in [1.54, 1.807) is 12.1 Å². The Balaban J connectivity index is 2.96. The third kappa shape index (κ3) is 9.46. The number of rotatable bonds is 12. The highest BCUT2D eigenvalue weighted by Gasteiger charge is 2.31. The molecule has 0 saturated carbocycles. The van der Waals surface area contributed by atoms with E-state index in [9.17, 15) is 34.5 Å². The average molecular weight is 467 g/mol. The van der Waals surface area contributed by atoms with Gasteiger partial charge in [0.05, 0.1) is 12.1 Å². The third-order valence-electron chi connectivity index (χ3n) is 4.87. The summed E-state index contributed by atoms with van der Waals surface area (Å²) in [6.07, 6.45) is -0.975. The number of hydrogen-bond donors (Lipinski definition) is 7. The molecule has 0 aliphatic heterocycles. The lowest BCUT2D eigenvalue weighted by Crippen LogP contribution is -2.58. The monoisotopic (exact) mass is 466 g/mol. The number of nitrogens with one attached hydrogen (secondary N) is 3. The molecule has 0 fully saturated rings. The van der Waals surface area contributed by atoms with Gasteiger partial charge in [-0.1, -0.05) is 26.0 Å². The Bertz CT molecular complexity index is 827. The molecule has 11 heteroatoms. The minimum Gasteiger partial charge on any atom is -0.508 e. The molecule has 5 unspecified atom stereocenters. The van der Waals surface area contributed by atoms with Gasteiger partial charge in [-0.2, -0.15) is 0 Å². The van der Waals surface area contributed by atoms with E-state index in [-0.39, 0.29) is 18.1 Å². The van der Waals surface area contributed by atoms with Gasteiger partial charge in [0, 0.05) is 6.42 Å². The van der Waals surface area contributed by atoms with Crippen LogP contribution in [0.5, 0.6) is 5.75 Å². The summed E-state index contributed by atoms with van der Waals surface area (Å²) < 4.78 is 0. The molecule has 11 nitrogen and oxygen atoms in total. The summed E-state index contributed by atoms with van der Waals surface area (Å²) in [6, 6.07) is 1.29. The Hall–Kier alpha value is -3.18. The van der Waals surface area contributed by atoms with Gasteiger partial charge in [-0.15, -0.1) is 0 Å². The number of aliphatic hydroxyl groups is 1. The van der Waals surface area contributed by atoms with E-state index in [1.807, 2.05) is 13.8 Å². The Morgan fingerprint density at radius 3 is 1.97 bits per heavy atom. The number of nitrogens with two attached hydrogens (primary N) is 1. The maximum Gasteiger partial charge on any atom is 0.328 e. The van der Waals surface area contributed by atoms with Crippen LogP contribution in [0, 0.1) is 5.92 Å². The van der Waals surface area contributed by atoms with Crippen LogP contribution in [0.15, 0.2) is 24.3 Å². The van der Waals surface area contributed by atoms with Gasteiger partial charge in [-0.3, -0.25) is 14.4 Å². The van der Waals surface area contributed by atoms with E-state index < -0.39 is 54.0 Å². The number of phenolic OH excluding ortho intramolecular Hbond substituents is 1. The largest absolute Gasteiger partial charge is 0.508 e. The summed E-state index contributed by atoms with van der Waals surface area (Å²) in [5.41, 5.74) is 6.41. The fourth-order valence-corrected chi connectivity index (χ4v) is 3.02. The second-order valence-corrected chi connectivity index (χ2v) is 8.46. The minimum atomic E-state index is -1.58. The first-order valence-electron chi connectivity index (χ1n) is 10.7. The van der Waals surface area contributed by atoms with Gasteiger partial charge in [0.1, 0.15) is 17.8 Å². The van der Waals surface area contributed by atoms with Crippen molar-refractivity contribution in [1.82, 2.24) is 16.0 Å². The lowest BCUT2D eigenvalue weighted by molar-refractivity contribution is -0.145. The Morgan fingerprint density at radius 2 is 1.48 bits per heavy atom. The predicted molar refractivity (Wildman–Crippen MR) is 120 cm³/mol. The molecule has 1 rings (SSSR count). The van der Waals surface area contributed by atoms with Crippen molar-refractivity contribution < 1.29 is 34.5 Å². The van der Waals surface area contributed by atoms with E-state index in [2.05, 4.69) is 16.0 Å². The summed E-state index contributed by atoms with van der Waals surface area (Å²) in [5.74, 6) is -3.26. The smallest absolute Gasteiger partial charge is 0.328 e. The van der Waals surface area contributed by atoms with E-state index in [0.29, 0.717) is 12.0 Å². The zero-order valence-electron chi connectivity index (χ0n) is 19.2. The number of carbonyl (C=O) groups is 4. The molecule has 0 bridgehead atoms. The van der Waals surface area contributed by atoms with Crippen molar-refractivity contribution in [3.63, 3.8) is 0 Å². The predicted octanol–water partition coefficient (Wildman–Crippen LogP) is -0.752. The SMILES string of the molecule is CC(C)CC(N)C(=O)NC(C)C(=O)NC(Cc1ccc(O)cc1)C(=O)NC(C(=O)O)C(C)O.